The summed E-state index contributed by atoms with van der Waals surface area (Å²) in [5.74, 6) is -0.469. The number of aldehydes is 1. The van der Waals surface area contributed by atoms with E-state index < -0.39 is 11.6 Å². The van der Waals surface area contributed by atoms with E-state index in [0.717, 1.165) is 18.2 Å². The normalized spacial score (nSPS) is 10.3. The van der Waals surface area contributed by atoms with Crippen LogP contribution in [0.25, 0.3) is 0 Å². The summed E-state index contributed by atoms with van der Waals surface area (Å²) in [6.07, 6.45) is 0.670. The fourth-order valence-electron chi connectivity index (χ4n) is 1.75. The Labute approximate surface area is 128 Å². The summed E-state index contributed by atoms with van der Waals surface area (Å²) in [6.45, 7) is -0.168. The van der Waals surface area contributed by atoms with Gasteiger partial charge >= 0.3 is 0 Å². The molecule has 0 saturated heterocycles. The Balaban J connectivity index is 2.27. The molecule has 3 nitrogen and oxygen atoms in total. The molecule has 0 amide bonds. The van der Waals surface area contributed by atoms with E-state index in [9.17, 15) is 13.6 Å². The van der Waals surface area contributed by atoms with Crippen molar-refractivity contribution in [3.8, 4) is 11.5 Å². The van der Waals surface area contributed by atoms with E-state index in [1.54, 1.807) is 6.07 Å². The van der Waals surface area contributed by atoms with Gasteiger partial charge in [0.25, 0.3) is 0 Å². The van der Waals surface area contributed by atoms with Crippen LogP contribution in [0.1, 0.15) is 15.9 Å². The van der Waals surface area contributed by atoms with Gasteiger partial charge in [-0.1, -0.05) is 0 Å². The Morgan fingerprint density at radius 1 is 1.24 bits per heavy atom. The highest BCUT2D eigenvalue weighted by atomic mass is 79.9. The minimum Gasteiger partial charge on any atom is -0.493 e. The number of halogens is 3. The van der Waals surface area contributed by atoms with Gasteiger partial charge in [0.15, 0.2) is 11.5 Å². The Kier molecular flexibility index (Phi) is 4.90. The Bertz CT molecular complexity index is 674. The minimum atomic E-state index is -0.559. The SMILES string of the molecule is COc1cc(C=O)cc(Br)c1OCc1cc(F)ccc1F. The molecule has 0 fully saturated rings. The Morgan fingerprint density at radius 2 is 2.00 bits per heavy atom. The number of carbonyl (C=O) groups excluding carboxylic acids is 1. The minimum absolute atomic E-state index is 0.0865. The van der Waals surface area contributed by atoms with Gasteiger partial charge in [0.1, 0.15) is 24.5 Å². The van der Waals surface area contributed by atoms with Crippen LogP contribution in [0, 0.1) is 11.6 Å². The van der Waals surface area contributed by atoms with E-state index in [0.29, 0.717) is 27.8 Å². The number of hydrogen-bond donors (Lipinski definition) is 0. The molecule has 0 spiro atoms. The standard InChI is InChI=1S/C15H11BrF2O3/c1-20-14-5-9(7-19)4-12(16)15(14)21-8-10-6-11(17)2-3-13(10)18/h2-7H,8H2,1H3. The van der Waals surface area contributed by atoms with Gasteiger partial charge in [0, 0.05) is 11.1 Å². The number of ether oxygens (including phenoxy) is 2. The second-order valence-corrected chi connectivity index (χ2v) is 5.03. The predicted octanol–water partition coefficient (Wildman–Crippen LogP) is 4.13. The summed E-state index contributed by atoms with van der Waals surface area (Å²) >= 11 is 3.25. The van der Waals surface area contributed by atoms with E-state index in [4.69, 9.17) is 9.47 Å². The largest absolute Gasteiger partial charge is 0.493 e. The summed E-state index contributed by atoms with van der Waals surface area (Å²) in [5.41, 5.74) is 0.492. The van der Waals surface area contributed by atoms with Crippen molar-refractivity contribution in [3.63, 3.8) is 0 Å². The molecule has 110 valence electrons. The summed E-state index contributed by atoms with van der Waals surface area (Å²) in [5, 5.41) is 0. The van der Waals surface area contributed by atoms with Crippen molar-refractivity contribution in [1.29, 1.82) is 0 Å². The number of hydrogen-bond acceptors (Lipinski definition) is 3. The van der Waals surface area contributed by atoms with Crippen LogP contribution in [0.4, 0.5) is 8.78 Å². The molecule has 0 radical (unpaired) electrons. The summed E-state index contributed by atoms with van der Waals surface area (Å²) in [7, 11) is 1.42. The molecule has 0 aliphatic carbocycles. The lowest BCUT2D eigenvalue weighted by Crippen LogP contribution is -2.02. The van der Waals surface area contributed by atoms with Crippen molar-refractivity contribution >= 4 is 22.2 Å². The van der Waals surface area contributed by atoms with E-state index in [2.05, 4.69) is 15.9 Å². The highest BCUT2D eigenvalue weighted by Gasteiger charge is 2.13. The first-order valence-corrected chi connectivity index (χ1v) is 6.74. The zero-order valence-corrected chi connectivity index (χ0v) is 12.6. The molecular formula is C15H11BrF2O3. The topological polar surface area (TPSA) is 35.5 Å². The van der Waals surface area contributed by atoms with E-state index >= 15 is 0 Å². The van der Waals surface area contributed by atoms with Crippen molar-refractivity contribution in [2.24, 2.45) is 0 Å². The zero-order valence-electron chi connectivity index (χ0n) is 11.0. The van der Waals surface area contributed by atoms with Crippen LogP contribution in [0.15, 0.2) is 34.8 Å². The molecule has 0 heterocycles. The molecule has 0 bridgehead atoms. The molecule has 0 atom stereocenters. The van der Waals surface area contributed by atoms with Crippen molar-refractivity contribution in [3.05, 3.63) is 57.6 Å². The van der Waals surface area contributed by atoms with Crippen LogP contribution >= 0.6 is 15.9 Å². The summed E-state index contributed by atoms with van der Waals surface area (Å²) in [6, 6.07) is 6.18. The highest BCUT2D eigenvalue weighted by Crippen LogP contribution is 2.36. The first kappa shape index (κ1) is 15.4. The lowest BCUT2D eigenvalue weighted by molar-refractivity contribution is 0.112. The lowest BCUT2D eigenvalue weighted by atomic mass is 10.2. The maximum atomic E-state index is 13.5. The van der Waals surface area contributed by atoms with Crippen molar-refractivity contribution in [2.75, 3.05) is 7.11 Å². The van der Waals surface area contributed by atoms with Gasteiger partial charge in [0.2, 0.25) is 0 Å². The molecule has 0 aliphatic heterocycles. The van der Waals surface area contributed by atoms with Gasteiger partial charge in [-0.2, -0.15) is 0 Å². The van der Waals surface area contributed by atoms with E-state index in [1.165, 1.54) is 13.2 Å². The fraction of sp³-hybridized carbons (Fsp3) is 0.133. The first-order valence-electron chi connectivity index (χ1n) is 5.94. The molecule has 0 aliphatic rings. The van der Waals surface area contributed by atoms with Crippen LogP contribution in [-0.4, -0.2) is 13.4 Å². The maximum Gasteiger partial charge on any atom is 0.175 e. The van der Waals surface area contributed by atoms with Gasteiger partial charge in [-0.25, -0.2) is 8.78 Å². The van der Waals surface area contributed by atoms with Crippen LogP contribution in [0.2, 0.25) is 0 Å². The van der Waals surface area contributed by atoms with Gasteiger partial charge in [0.05, 0.1) is 11.6 Å². The first-order chi connectivity index (χ1) is 10.0. The summed E-state index contributed by atoms with van der Waals surface area (Å²) < 4.78 is 37.7. The molecule has 2 rings (SSSR count). The maximum absolute atomic E-state index is 13.5. The van der Waals surface area contributed by atoms with Crippen LogP contribution in [-0.2, 0) is 6.61 Å². The molecule has 0 saturated carbocycles. The third kappa shape index (κ3) is 3.58. The van der Waals surface area contributed by atoms with Gasteiger partial charge in [-0.3, -0.25) is 4.79 Å². The molecule has 0 N–H and O–H groups in total. The average Bonchev–Trinajstić information content (AvgIpc) is 2.48. The zero-order chi connectivity index (χ0) is 15.4. The molecule has 6 heteroatoms. The number of benzene rings is 2. The summed E-state index contributed by atoms with van der Waals surface area (Å²) in [4.78, 5) is 10.8. The highest BCUT2D eigenvalue weighted by molar-refractivity contribution is 9.10. The average molecular weight is 357 g/mol. The molecule has 0 unspecified atom stereocenters. The molecule has 2 aromatic carbocycles. The van der Waals surface area contributed by atoms with Gasteiger partial charge < -0.3 is 9.47 Å². The quantitative estimate of drug-likeness (QED) is 0.755. The number of methoxy groups -OCH3 is 1. The Morgan fingerprint density at radius 3 is 2.67 bits per heavy atom. The van der Waals surface area contributed by atoms with Gasteiger partial charge in [-0.05, 0) is 46.3 Å². The third-order valence-corrected chi connectivity index (χ3v) is 3.36. The van der Waals surface area contributed by atoms with Gasteiger partial charge in [-0.15, -0.1) is 0 Å². The predicted molar refractivity (Wildman–Crippen MR) is 76.8 cm³/mol. The molecule has 0 aromatic heterocycles. The van der Waals surface area contributed by atoms with Crippen molar-refractivity contribution in [2.45, 2.75) is 6.61 Å². The number of carbonyl (C=O) groups is 1. The fourth-order valence-corrected chi connectivity index (χ4v) is 2.33. The van der Waals surface area contributed by atoms with E-state index in [1.807, 2.05) is 0 Å². The second-order valence-electron chi connectivity index (χ2n) is 4.18. The second kappa shape index (κ2) is 6.67. The molecule has 21 heavy (non-hydrogen) atoms. The van der Waals surface area contributed by atoms with E-state index in [-0.39, 0.29) is 12.2 Å². The number of rotatable bonds is 5. The third-order valence-electron chi connectivity index (χ3n) is 2.77. The van der Waals surface area contributed by atoms with Crippen molar-refractivity contribution in [1.82, 2.24) is 0 Å². The van der Waals surface area contributed by atoms with Crippen LogP contribution in [0.3, 0.4) is 0 Å². The van der Waals surface area contributed by atoms with Crippen LogP contribution in [0.5, 0.6) is 11.5 Å². The monoisotopic (exact) mass is 356 g/mol. The smallest absolute Gasteiger partial charge is 0.175 e. The lowest BCUT2D eigenvalue weighted by Gasteiger charge is -2.13. The molecule has 2 aromatic rings. The molecular weight excluding hydrogens is 346 g/mol. The van der Waals surface area contributed by atoms with Crippen molar-refractivity contribution < 1.29 is 23.0 Å². The van der Waals surface area contributed by atoms with Crippen LogP contribution < -0.4 is 9.47 Å². The Hall–Kier alpha value is -1.95.